The highest BCUT2D eigenvalue weighted by Gasteiger charge is 2.22. The zero-order valence-corrected chi connectivity index (χ0v) is 17.3. The SMILES string of the molecule is CCNC(=NCC(C)(O)c1ccccc1)NCCC(C)(C)C.I. The molecule has 0 bridgehead atoms. The second-order valence-corrected chi connectivity index (χ2v) is 7.07. The first-order chi connectivity index (χ1) is 10.2. The van der Waals surface area contributed by atoms with Crippen LogP contribution in [0.2, 0.25) is 0 Å². The highest BCUT2D eigenvalue weighted by atomic mass is 127. The fraction of sp³-hybridized carbons (Fsp3) is 0.611. The van der Waals surface area contributed by atoms with Gasteiger partial charge in [-0.15, -0.1) is 24.0 Å². The summed E-state index contributed by atoms with van der Waals surface area (Å²) in [5.74, 6) is 0.753. The summed E-state index contributed by atoms with van der Waals surface area (Å²) in [7, 11) is 0. The maximum absolute atomic E-state index is 10.6. The molecule has 132 valence electrons. The van der Waals surface area contributed by atoms with Crippen molar-refractivity contribution in [3.8, 4) is 0 Å². The van der Waals surface area contributed by atoms with Crippen molar-refractivity contribution in [1.82, 2.24) is 10.6 Å². The second kappa shape index (κ2) is 10.1. The van der Waals surface area contributed by atoms with E-state index in [9.17, 15) is 5.11 Å². The third-order valence-corrected chi connectivity index (χ3v) is 3.45. The van der Waals surface area contributed by atoms with E-state index in [1.54, 1.807) is 6.92 Å². The van der Waals surface area contributed by atoms with Gasteiger partial charge in [-0.2, -0.15) is 0 Å². The molecule has 1 unspecified atom stereocenters. The Labute approximate surface area is 158 Å². The summed E-state index contributed by atoms with van der Waals surface area (Å²) in [6.45, 7) is 12.5. The average Bonchev–Trinajstić information content (AvgIpc) is 2.44. The van der Waals surface area contributed by atoms with Crippen LogP contribution in [0.1, 0.15) is 46.6 Å². The van der Waals surface area contributed by atoms with Crippen LogP contribution >= 0.6 is 24.0 Å². The van der Waals surface area contributed by atoms with E-state index < -0.39 is 5.60 Å². The highest BCUT2D eigenvalue weighted by molar-refractivity contribution is 14.0. The maximum atomic E-state index is 10.6. The van der Waals surface area contributed by atoms with Gasteiger partial charge in [-0.25, -0.2) is 4.99 Å². The van der Waals surface area contributed by atoms with Crippen LogP contribution < -0.4 is 10.6 Å². The first kappa shape index (κ1) is 22.2. The monoisotopic (exact) mass is 433 g/mol. The van der Waals surface area contributed by atoms with Gasteiger partial charge in [0.15, 0.2) is 5.96 Å². The molecule has 23 heavy (non-hydrogen) atoms. The minimum absolute atomic E-state index is 0. The molecule has 0 spiro atoms. The number of nitrogens with zero attached hydrogens (tertiary/aromatic N) is 1. The van der Waals surface area contributed by atoms with Crippen LogP contribution in [0.3, 0.4) is 0 Å². The van der Waals surface area contributed by atoms with E-state index in [1.165, 1.54) is 0 Å². The third-order valence-electron chi connectivity index (χ3n) is 3.45. The summed E-state index contributed by atoms with van der Waals surface area (Å²) >= 11 is 0. The van der Waals surface area contributed by atoms with Crippen molar-refractivity contribution in [2.75, 3.05) is 19.6 Å². The lowest BCUT2D eigenvalue weighted by Gasteiger charge is -2.23. The average molecular weight is 433 g/mol. The van der Waals surface area contributed by atoms with Crippen molar-refractivity contribution < 1.29 is 5.11 Å². The normalized spacial score (nSPS) is 14.6. The van der Waals surface area contributed by atoms with Gasteiger partial charge in [-0.3, -0.25) is 0 Å². The Bertz CT molecular complexity index is 467. The maximum Gasteiger partial charge on any atom is 0.191 e. The molecule has 0 radical (unpaired) electrons. The zero-order chi connectivity index (χ0) is 16.6. The number of hydrogen-bond acceptors (Lipinski definition) is 2. The molecule has 0 amide bonds. The summed E-state index contributed by atoms with van der Waals surface area (Å²) in [5.41, 5.74) is 0.206. The van der Waals surface area contributed by atoms with Crippen molar-refractivity contribution in [3.05, 3.63) is 35.9 Å². The van der Waals surface area contributed by atoms with Crippen LogP contribution in [-0.4, -0.2) is 30.7 Å². The van der Waals surface area contributed by atoms with Crippen LogP contribution in [0, 0.1) is 5.41 Å². The van der Waals surface area contributed by atoms with Crippen molar-refractivity contribution in [2.24, 2.45) is 10.4 Å². The predicted octanol–water partition coefficient (Wildman–Crippen LogP) is 3.50. The Balaban J connectivity index is 0.00000484. The number of rotatable bonds is 6. The van der Waals surface area contributed by atoms with Crippen molar-refractivity contribution in [3.63, 3.8) is 0 Å². The summed E-state index contributed by atoms with van der Waals surface area (Å²) in [4.78, 5) is 4.53. The van der Waals surface area contributed by atoms with Gasteiger partial charge in [0.25, 0.3) is 0 Å². The first-order valence-corrected chi connectivity index (χ1v) is 8.05. The summed E-state index contributed by atoms with van der Waals surface area (Å²) in [6, 6.07) is 9.66. The van der Waals surface area contributed by atoms with E-state index in [0.29, 0.717) is 12.0 Å². The first-order valence-electron chi connectivity index (χ1n) is 8.05. The number of hydrogen-bond donors (Lipinski definition) is 3. The van der Waals surface area contributed by atoms with Gasteiger partial charge in [0, 0.05) is 13.1 Å². The van der Waals surface area contributed by atoms with Gasteiger partial charge in [-0.1, -0.05) is 51.1 Å². The molecule has 0 aliphatic rings. The molecule has 3 N–H and O–H groups in total. The number of aliphatic hydroxyl groups is 1. The molecule has 5 heteroatoms. The van der Waals surface area contributed by atoms with E-state index in [2.05, 4.69) is 36.4 Å². The lowest BCUT2D eigenvalue weighted by Crippen LogP contribution is -2.40. The molecule has 0 fully saturated rings. The van der Waals surface area contributed by atoms with Crippen molar-refractivity contribution >= 4 is 29.9 Å². The van der Waals surface area contributed by atoms with Gasteiger partial charge >= 0.3 is 0 Å². The third kappa shape index (κ3) is 9.15. The molecular formula is C18H32IN3O. The minimum Gasteiger partial charge on any atom is -0.384 e. The Morgan fingerprint density at radius 1 is 1.09 bits per heavy atom. The Kier molecular flexibility index (Phi) is 9.77. The topological polar surface area (TPSA) is 56.7 Å². The molecule has 0 aliphatic carbocycles. The smallest absolute Gasteiger partial charge is 0.191 e. The quantitative estimate of drug-likeness (QED) is 0.366. The van der Waals surface area contributed by atoms with Crippen molar-refractivity contribution in [2.45, 2.75) is 46.6 Å². The Hall–Kier alpha value is -0.820. The molecule has 0 saturated carbocycles. The number of nitrogens with one attached hydrogen (secondary N) is 2. The molecule has 0 saturated heterocycles. The molecule has 1 aromatic rings. The van der Waals surface area contributed by atoms with E-state index >= 15 is 0 Å². The van der Waals surface area contributed by atoms with Crippen LogP contribution in [0.25, 0.3) is 0 Å². The molecule has 4 nitrogen and oxygen atoms in total. The van der Waals surface area contributed by atoms with Gasteiger partial charge in [0.2, 0.25) is 0 Å². The lowest BCUT2D eigenvalue weighted by atomic mass is 9.92. The Morgan fingerprint density at radius 2 is 1.70 bits per heavy atom. The van der Waals surface area contributed by atoms with E-state index in [0.717, 1.165) is 31.0 Å². The predicted molar refractivity (Wildman–Crippen MR) is 109 cm³/mol. The summed E-state index contributed by atoms with van der Waals surface area (Å²) < 4.78 is 0. The zero-order valence-electron chi connectivity index (χ0n) is 15.0. The largest absolute Gasteiger partial charge is 0.384 e. The second-order valence-electron chi connectivity index (χ2n) is 7.07. The van der Waals surface area contributed by atoms with Crippen LogP contribution in [0.4, 0.5) is 0 Å². The summed E-state index contributed by atoms with van der Waals surface area (Å²) in [5, 5.41) is 17.1. The van der Waals surface area contributed by atoms with Gasteiger partial charge in [-0.05, 0) is 31.2 Å². The molecule has 0 aliphatic heterocycles. The van der Waals surface area contributed by atoms with E-state index in [-0.39, 0.29) is 24.0 Å². The Morgan fingerprint density at radius 3 is 2.22 bits per heavy atom. The van der Waals surface area contributed by atoms with E-state index in [1.807, 2.05) is 37.3 Å². The molecule has 1 atom stereocenters. The molecule has 0 aromatic heterocycles. The van der Waals surface area contributed by atoms with Gasteiger partial charge in [0.05, 0.1) is 6.54 Å². The molecule has 1 rings (SSSR count). The summed E-state index contributed by atoms with van der Waals surface area (Å²) in [6.07, 6.45) is 1.06. The fourth-order valence-corrected chi connectivity index (χ4v) is 2.02. The van der Waals surface area contributed by atoms with Gasteiger partial charge in [0.1, 0.15) is 5.60 Å². The molecular weight excluding hydrogens is 401 g/mol. The number of guanidine groups is 1. The van der Waals surface area contributed by atoms with Crippen LogP contribution in [0.5, 0.6) is 0 Å². The molecule has 0 heterocycles. The lowest BCUT2D eigenvalue weighted by molar-refractivity contribution is 0.0672. The fourth-order valence-electron chi connectivity index (χ4n) is 2.02. The van der Waals surface area contributed by atoms with Crippen LogP contribution in [-0.2, 0) is 5.60 Å². The molecule has 1 aromatic carbocycles. The highest BCUT2D eigenvalue weighted by Crippen LogP contribution is 2.20. The number of halogens is 1. The number of aliphatic imine (C=N–C) groups is 1. The standard InChI is InChI=1S/C18H31N3O.HI/c1-6-19-16(20-13-12-17(2,3)4)21-14-18(5,22)15-10-8-7-9-11-15;/h7-11,22H,6,12-14H2,1-5H3,(H2,19,20,21);1H. The van der Waals surface area contributed by atoms with Crippen molar-refractivity contribution in [1.29, 1.82) is 0 Å². The van der Waals surface area contributed by atoms with Gasteiger partial charge < -0.3 is 15.7 Å². The van der Waals surface area contributed by atoms with E-state index in [4.69, 9.17) is 0 Å². The minimum atomic E-state index is -0.965. The van der Waals surface area contributed by atoms with Crippen LogP contribution in [0.15, 0.2) is 35.3 Å². The number of benzene rings is 1.